The van der Waals surface area contributed by atoms with Gasteiger partial charge in [0.1, 0.15) is 6.10 Å². The molecule has 0 aliphatic rings. The highest BCUT2D eigenvalue weighted by atomic mass is 33.5. The fourth-order valence-corrected chi connectivity index (χ4v) is 6.47. The minimum atomic E-state index is -0.0881. The Hall–Kier alpha value is 0.480. The summed E-state index contributed by atoms with van der Waals surface area (Å²) in [5.41, 5.74) is 0. The zero-order valence-corrected chi connectivity index (χ0v) is 19.9. The quantitative estimate of drug-likeness (QED) is 0.129. The van der Waals surface area contributed by atoms with E-state index >= 15 is 0 Å². The molecule has 0 aromatic carbocycles. The number of hydrogen-bond donors (Lipinski definition) is 0. The van der Waals surface area contributed by atoms with Gasteiger partial charge in [0, 0.05) is 18.1 Å². The highest BCUT2D eigenvalue weighted by Crippen LogP contribution is 2.35. The number of carbonyl (C=O) groups is 1. The summed E-state index contributed by atoms with van der Waals surface area (Å²) >= 11 is 0. The fraction of sp³-hybridized carbons (Fsp3) is 0.950. The predicted octanol–water partition coefficient (Wildman–Crippen LogP) is 6.82. The highest BCUT2D eigenvalue weighted by molar-refractivity contribution is 9.09. The van der Waals surface area contributed by atoms with Gasteiger partial charge in [0.25, 0.3) is 0 Å². The fourth-order valence-electron chi connectivity index (χ4n) is 2.47. The Balaban J connectivity index is 3.24. The van der Waals surface area contributed by atoms with E-state index < -0.39 is 0 Å². The van der Waals surface area contributed by atoms with E-state index in [1.165, 1.54) is 70.0 Å². The molecule has 0 heterocycles. The zero-order chi connectivity index (χ0) is 19.5. The van der Waals surface area contributed by atoms with Crippen molar-refractivity contribution in [2.75, 3.05) is 32.1 Å². The lowest BCUT2D eigenvalue weighted by atomic mass is 10.1. The van der Waals surface area contributed by atoms with Gasteiger partial charge in [-0.1, -0.05) is 86.3 Å². The van der Waals surface area contributed by atoms with E-state index in [1.54, 1.807) is 10.8 Å². The Kier molecular flexibility index (Phi) is 20.6. The molecule has 26 heavy (non-hydrogen) atoms. The number of nitrogens with zero attached hydrogens (tertiary/aromatic N) is 1. The van der Waals surface area contributed by atoms with E-state index in [-0.39, 0.29) is 12.1 Å². The summed E-state index contributed by atoms with van der Waals surface area (Å²) in [4.78, 5) is 13.6. The SMILES string of the molecule is CCCCCCCCCCCCSSSCC(C)OC(=O)CCN(C)C. The van der Waals surface area contributed by atoms with Gasteiger partial charge < -0.3 is 9.64 Å². The number of esters is 1. The van der Waals surface area contributed by atoms with Crippen LogP contribution in [0.15, 0.2) is 0 Å². The third-order valence-electron chi connectivity index (χ3n) is 4.08. The molecule has 1 unspecified atom stereocenters. The van der Waals surface area contributed by atoms with E-state index in [2.05, 4.69) is 6.92 Å². The van der Waals surface area contributed by atoms with Crippen molar-refractivity contribution in [3.8, 4) is 0 Å². The van der Waals surface area contributed by atoms with Crippen LogP contribution in [-0.2, 0) is 9.53 Å². The molecule has 3 nitrogen and oxygen atoms in total. The molecule has 156 valence electrons. The van der Waals surface area contributed by atoms with Crippen LogP contribution in [0.1, 0.15) is 84.5 Å². The maximum atomic E-state index is 11.6. The van der Waals surface area contributed by atoms with Crippen molar-refractivity contribution in [3.63, 3.8) is 0 Å². The van der Waals surface area contributed by atoms with Crippen LogP contribution >= 0.6 is 31.4 Å². The third-order valence-corrected chi connectivity index (χ3v) is 8.55. The Morgan fingerprint density at radius 3 is 2.08 bits per heavy atom. The van der Waals surface area contributed by atoms with Gasteiger partial charge in [-0.25, -0.2) is 0 Å². The molecule has 0 amide bonds. The summed E-state index contributed by atoms with van der Waals surface area (Å²) in [5.74, 6) is 2.00. The average Bonchev–Trinajstić information content (AvgIpc) is 2.60. The monoisotopic (exact) mass is 423 g/mol. The van der Waals surface area contributed by atoms with Crippen LogP contribution in [-0.4, -0.2) is 49.1 Å². The Labute approximate surface area is 174 Å². The molecule has 0 N–H and O–H groups in total. The zero-order valence-electron chi connectivity index (χ0n) is 17.5. The maximum Gasteiger partial charge on any atom is 0.307 e. The number of rotatable bonds is 19. The molecule has 0 aromatic heterocycles. The second-order valence-electron chi connectivity index (χ2n) is 7.21. The lowest BCUT2D eigenvalue weighted by Gasteiger charge is -2.14. The van der Waals surface area contributed by atoms with Crippen LogP contribution < -0.4 is 0 Å². The minimum absolute atomic E-state index is 0.0000820. The van der Waals surface area contributed by atoms with Crippen LogP contribution in [0.4, 0.5) is 0 Å². The van der Waals surface area contributed by atoms with Crippen LogP contribution in [0.2, 0.25) is 0 Å². The van der Waals surface area contributed by atoms with Crippen molar-refractivity contribution in [1.29, 1.82) is 0 Å². The minimum Gasteiger partial charge on any atom is -0.462 e. The summed E-state index contributed by atoms with van der Waals surface area (Å²) in [6.45, 7) is 5.01. The molecule has 0 aromatic rings. The first-order chi connectivity index (χ1) is 12.6. The van der Waals surface area contributed by atoms with E-state index in [9.17, 15) is 4.79 Å². The van der Waals surface area contributed by atoms with E-state index in [0.29, 0.717) is 6.42 Å². The third kappa shape index (κ3) is 20.8. The van der Waals surface area contributed by atoms with E-state index in [1.807, 2.05) is 46.5 Å². The van der Waals surface area contributed by atoms with Crippen molar-refractivity contribution in [2.45, 2.75) is 90.6 Å². The Bertz CT molecular complexity index is 317. The number of ether oxygens (including phenoxy) is 1. The smallest absolute Gasteiger partial charge is 0.307 e. The summed E-state index contributed by atoms with van der Waals surface area (Å²) in [5, 5.41) is 0. The van der Waals surface area contributed by atoms with Crippen molar-refractivity contribution in [3.05, 3.63) is 0 Å². The first kappa shape index (κ1) is 26.5. The van der Waals surface area contributed by atoms with Gasteiger partial charge in [-0.3, -0.25) is 4.79 Å². The normalized spacial score (nSPS) is 12.5. The maximum absolute atomic E-state index is 11.6. The van der Waals surface area contributed by atoms with Gasteiger partial charge in [-0.2, -0.15) is 0 Å². The Morgan fingerprint density at radius 2 is 1.50 bits per heavy atom. The molecule has 0 saturated carbocycles. The molecule has 0 aliphatic heterocycles. The first-order valence-electron chi connectivity index (χ1n) is 10.3. The van der Waals surface area contributed by atoms with Gasteiger partial charge in [0.15, 0.2) is 0 Å². The molecule has 6 heteroatoms. The van der Waals surface area contributed by atoms with Crippen molar-refractivity contribution in [1.82, 2.24) is 4.90 Å². The number of unbranched alkanes of at least 4 members (excludes halogenated alkanes) is 9. The van der Waals surface area contributed by atoms with E-state index in [4.69, 9.17) is 4.74 Å². The largest absolute Gasteiger partial charge is 0.462 e. The van der Waals surface area contributed by atoms with Crippen LogP contribution in [0.5, 0.6) is 0 Å². The highest BCUT2D eigenvalue weighted by Gasteiger charge is 2.10. The number of carbonyl (C=O) groups excluding carboxylic acids is 1. The molecule has 0 spiro atoms. The second kappa shape index (κ2) is 20.2. The standard InChI is InChI=1S/C20H41NO2S3/c1-5-6-7-8-9-10-11-12-13-14-17-24-26-25-18-19(2)23-20(22)15-16-21(3)4/h19H,5-18H2,1-4H3. The predicted molar refractivity (Wildman–Crippen MR) is 123 cm³/mol. The molecule has 1 atom stereocenters. The molecule has 0 radical (unpaired) electrons. The summed E-state index contributed by atoms with van der Waals surface area (Å²) in [6, 6.07) is 0. The number of hydrogen-bond acceptors (Lipinski definition) is 6. The average molecular weight is 424 g/mol. The second-order valence-corrected chi connectivity index (χ2v) is 11.6. The van der Waals surface area contributed by atoms with Crippen LogP contribution in [0, 0.1) is 0 Å². The van der Waals surface area contributed by atoms with Crippen LogP contribution in [0.3, 0.4) is 0 Å². The van der Waals surface area contributed by atoms with Crippen molar-refractivity contribution < 1.29 is 9.53 Å². The van der Waals surface area contributed by atoms with Gasteiger partial charge in [0.05, 0.1) is 6.42 Å². The van der Waals surface area contributed by atoms with Gasteiger partial charge in [0.2, 0.25) is 0 Å². The summed E-state index contributed by atoms with van der Waals surface area (Å²) < 4.78 is 5.41. The van der Waals surface area contributed by atoms with Gasteiger partial charge in [-0.15, -0.1) is 0 Å². The molecule has 0 saturated heterocycles. The first-order valence-corrected chi connectivity index (χ1v) is 14.1. The van der Waals surface area contributed by atoms with E-state index in [0.717, 1.165) is 12.3 Å². The molecule has 0 fully saturated rings. The summed E-state index contributed by atoms with van der Waals surface area (Å²) in [7, 11) is 9.51. The Morgan fingerprint density at radius 1 is 0.923 bits per heavy atom. The molecule has 0 rings (SSSR count). The molecular weight excluding hydrogens is 382 g/mol. The lowest BCUT2D eigenvalue weighted by molar-refractivity contribution is -0.147. The van der Waals surface area contributed by atoms with Crippen molar-refractivity contribution >= 4 is 37.4 Å². The van der Waals surface area contributed by atoms with Gasteiger partial charge >= 0.3 is 5.97 Å². The summed E-state index contributed by atoms with van der Waals surface area (Å²) in [6.07, 6.45) is 14.4. The van der Waals surface area contributed by atoms with Crippen molar-refractivity contribution in [2.24, 2.45) is 0 Å². The molecule has 0 bridgehead atoms. The van der Waals surface area contributed by atoms with Crippen LogP contribution in [0.25, 0.3) is 0 Å². The lowest BCUT2D eigenvalue weighted by Crippen LogP contribution is -2.22. The van der Waals surface area contributed by atoms with Gasteiger partial charge in [-0.05, 0) is 37.3 Å². The molecule has 0 aliphatic carbocycles. The molecular formula is C20H41NO2S3. The topological polar surface area (TPSA) is 29.5 Å².